The van der Waals surface area contributed by atoms with Crippen LogP contribution in [0.5, 0.6) is 0 Å². The van der Waals surface area contributed by atoms with Crippen LogP contribution < -0.4 is 5.73 Å². The summed E-state index contributed by atoms with van der Waals surface area (Å²) in [5.41, 5.74) is 4.54. The van der Waals surface area contributed by atoms with E-state index in [1.807, 2.05) is 0 Å². The lowest BCUT2D eigenvalue weighted by atomic mass is 10.0. The van der Waals surface area contributed by atoms with Crippen LogP contribution in [-0.4, -0.2) is 16.1 Å². The minimum absolute atomic E-state index is 0.128. The normalized spacial score (nSPS) is 13.8. The van der Waals surface area contributed by atoms with Crippen LogP contribution in [0.2, 0.25) is 0 Å². The van der Waals surface area contributed by atoms with Gasteiger partial charge in [-0.25, -0.2) is 0 Å². The Labute approximate surface area is 99.2 Å². The topological polar surface area (TPSA) is 79.1 Å². The van der Waals surface area contributed by atoms with Gasteiger partial charge in [0.2, 0.25) is 0 Å². The van der Waals surface area contributed by atoms with Crippen molar-refractivity contribution in [1.29, 1.82) is 0 Å². The summed E-state index contributed by atoms with van der Waals surface area (Å²) in [7, 11) is 0. The van der Waals surface area contributed by atoms with Gasteiger partial charge in [-0.3, -0.25) is 4.79 Å². The SMILES string of the molecule is NC(C(=O)O)c1c[nH]c2c(C(F)(F)F)cccc12. The number of carboxylic acid groups (broad SMARTS) is 1. The van der Waals surface area contributed by atoms with Crippen molar-refractivity contribution >= 4 is 16.9 Å². The van der Waals surface area contributed by atoms with E-state index >= 15 is 0 Å². The number of hydrogen-bond acceptors (Lipinski definition) is 2. The molecule has 0 bridgehead atoms. The van der Waals surface area contributed by atoms with Gasteiger partial charge < -0.3 is 15.8 Å². The van der Waals surface area contributed by atoms with E-state index in [2.05, 4.69) is 4.98 Å². The maximum atomic E-state index is 12.7. The molecule has 1 atom stereocenters. The molecule has 2 rings (SSSR count). The predicted octanol–water partition coefficient (Wildman–Crippen LogP) is 2.27. The van der Waals surface area contributed by atoms with E-state index in [4.69, 9.17) is 10.8 Å². The number of hydrogen-bond donors (Lipinski definition) is 3. The number of aliphatic carboxylic acids is 1. The zero-order valence-corrected chi connectivity index (χ0v) is 8.95. The largest absolute Gasteiger partial charge is 0.480 e. The van der Waals surface area contributed by atoms with E-state index < -0.39 is 23.8 Å². The first-order chi connectivity index (χ1) is 8.32. The third kappa shape index (κ3) is 1.92. The van der Waals surface area contributed by atoms with E-state index in [1.54, 1.807) is 0 Å². The number of halogens is 3. The zero-order chi connectivity index (χ0) is 13.5. The van der Waals surface area contributed by atoms with Crippen LogP contribution in [0.15, 0.2) is 24.4 Å². The van der Waals surface area contributed by atoms with Gasteiger partial charge in [0.05, 0.1) is 11.1 Å². The number of benzene rings is 1. The van der Waals surface area contributed by atoms with Gasteiger partial charge in [-0.2, -0.15) is 13.2 Å². The Hall–Kier alpha value is -2.02. The zero-order valence-electron chi connectivity index (χ0n) is 8.95. The van der Waals surface area contributed by atoms with E-state index in [9.17, 15) is 18.0 Å². The van der Waals surface area contributed by atoms with E-state index in [0.717, 1.165) is 6.07 Å². The highest BCUT2D eigenvalue weighted by Gasteiger charge is 2.33. The van der Waals surface area contributed by atoms with Crippen molar-refractivity contribution in [2.24, 2.45) is 5.73 Å². The summed E-state index contributed by atoms with van der Waals surface area (Å²) in [5.74, 6) is -1.30. The number of H-pyrrole nitrogens is 1. The molecule has 0 radical (unpaired) electrons. The van der Waals surface area contributed by atoms with Gasteiger partial charge in [0.25, 0.3) is 0 Å². The molecule has 0 amide bonds. The van der Waals surface area contributed by atoms with Gasteiger partial charge >= 0.3 is 12.1 Å². The van der Waals surface area contributed by atoms with Crippen LogP contribution in [0.4, 0.5) is 13.2 Å². The summed E-state index contributed by atoms with van der Waals surface area (Å²) in [6.07, 6.45) is -3.31. The molecule has 1 heterocycles. The number of carboxylic acids is 1. The summed E-state index contributed by atoms with van der Waals surface area (Å²) in [5, 5.41) is 8.95. The molecule has 1 aromatic carbocycles. The predicted molar refractivity (Wildman–Crippen MR) is 57.9 cm³/mol. The number of fused-ring (bicyclic) bond motifs is 1. The highest BCUT2D eigenvalue weighted by Crippen LogP contribution is 2.36. The average molecular weight is 258 g/mol. The second-order valence-electron chi connectivity index (χ2n) is 3.79. The minimum Gasteiger partial charge on any atom is -0.480 e. The molecule has 96 valence electrons. The smallest absolute Gasteiger partial charge is 0.418 e. The van der Waals surface area contributed by atoms with Gasteiger partial charge in [-0.15, -0.1) is 0 Å². The fourth-order valence-electron chi connectivity index (χ4n) is 1.80. The number of nitrogens with one attached hydrogen (secondary N) is 1. The van der Waals surface area contributed by atoms with Gasteiger partial charge in [0, 0.05) is 17.1 Å². The van der Waals surface area contributed by atoms with Crippen LogP contribution in [0.25, 0.3) is 10.9 Å². The third-order valence-corrected chi connectivity index (χ3v) is 2.65. The Kier molecular flexibility index (Phi) is 2.78. The summed E-state index contributed by atoms with van der Waals surface area (Å²) in [4.78, 5) is 13.2. The van der Waals surface area contributed by atoms with Gasteiger partial charge in [0.1, 0.15) is 6.04 Å². The number of para-hydroxylation sites is 1. The third-order valence-electron chi connectivity index (χ3n) is 2.65. The molecule has 0 spiro atoms. The van der Waals surface area contributed by atoms with Crippen molar-refractivity contribution in [3.8, 4) is 0 Å². The first-order valence-corrected chi connectivity index (χ1v) is 4.98. The van der Waals surface area contributed by atoms with Crippen LogP contribution in [0, 0.1) is 0 Å². The lowest BCUT2D eigenvalue weighted by molar-refractivity contribution is -0.138. The van der Waals surface area contributed by atoms with Crippen molar-refractivity contribution in [3.63, 3.8) is 0 Å². The second kappa shape index (κ2) is 4.02. The standard InChI is InChI=1S/C11H9F3N2O2/c12-11(13,14)7-3-1-2-5-6(4-16-9(5)7)8(15)10(17)18/h1-4,8,16H,15H2,(H,17,18). The summed E-state index contributed by atoms with van der Waals surface area (Å²) >= 11 is 0. The van der Waals surface area contributed by atoms with E-state index in [-0.39, 0.29) is 16.5 Å². The minimum atomic E-state index is -4.51. The Morgan fingerprint density at radius 2 is 2.06 bits per heavy atom. The fourth-order valence-corrected chi connectivity index (χ4v) is 1.80. The monoisotopic (exact) mass is 258 g/mol. The molecule has 2 aromatic rings. The lowest BCUT2D eigenvalue weighted by Crippen LogP contribution is -2.20. The molecular weight excluding hydrogens is 249 g/mol. The van der Waals surface area contributed by atoms with Crippen molar-refractivity contribution < 1.29 is 23.1 Å². The first-order valence-electron chi connectivity index (χ1n) is 4.98. The second-order valence-corrected chi connectivity index (χ2v) is 3.79. The highest BCUT2D eigenvalue weighted by atomic mass is 19.4. The quantitative estimate of drug-likeness (QED) is 0.773. The first kappa shape index (κ1) is 12.4. The van der Waals surface area contributed by atoms with Crippen molar-refractivity contribution in [3.05, 3.63) is 35.5 Å². The molecule has 1 aromatic heterocycles. The summed E-state index contributed by atoms with van der Waals surface area (Å²) in [6.45, 7) is 0. The number of nitrogens with two attached hydrogens (primary N) is 1. The van der Waals surface area contributed by atoms with E-state index in [1.165, 1.54) is 18.3 Å². The molecule has 0 aliphatic heterocycles. The van der Waals surface area contributed by atoms with Crippen molar-refractivity contribution in [1.82, 2.24) is 4.98 Å². The number of aromatic amines is 1. The maximum Gasteiger partial charge on any atom is 0.418 e. The number of rotatable bonds is 2. The Balaban J connectivity index is 2.66. The molecule has 0 saturated carbocycles. The molecule has 4 nitrogen and oxygen atoms in total. The maximum absolute atomic E-state index is 12.7. The van der Waals surface area contributed by atoms with Crippen LogP contribution in [0.1, 0.15) is 17.2 Å². The van der Waals surface area contributed by atoms with Crippen molar-refractivity contribution in [2.75, 3.05) is 0 Å². The molecule has 18 heavy (non-hydrogen) atoms. The molecule has 4 N–H and O–H groups in total. The Morgan fingerprint density at radius 3 is 2.61 bits per heavy atom. The molecular formula is C11H9F3N2O2. The number of alkyl halides is 3. The lowest BCUT2D eigenvalue weighted by Gasteiger charge is -2.08. The Morgan fingerprint density at radius 1 is 1.39 bits per heavy atom. The average Bonchev–Trinajstić information content (AvgIpc) is 2.69. The molecule has 1 unspecified atom stereocenters. The van der Waals surface area contributed by atoms with Crippen molar-refractivity contribution in [2.45, 2.75) is 12.2 Å². The van der Waals surface area contributed by atoms with Crippen LogP contribution >= 0.6 is 0 Å². The highest BCUT2D eigenvalue weighted by molar-refractivity contribution is 5.91. The molecule has 0 fully saturated rings. The van der Waals surface area contributed by atoms with E-state index in [0.29, 0.717) is 0 Å². The van der Waals surface area contributed by atoms with Gasteiger partial charge in [-0.05, 0) is 6.07 Å². The molecule has 7 heteroatoms. The van der Waals surface area contributed by atoms with Gasteiger partial charge in [-0.1, -0.05) is 12.1 Å². The van der Waals surface area contributed by atoms with Crippen LogP contribution in [0.3, 0.4) is 0 Å². The number of carbonyl (C=O) groups is 1. The van der Waals surface area contributed by atoms with Crippen LogP contribution in [-0.2, 0) is 11.0 Å². The summed E-state index contributed by atoms with van der Waals surface area (Å²) in [6, 6.07) is 2.19. The Bertz CT molecular complexity index is 604. The molecule has 0 saturated heterocycles. The summed E-state index contributed by atoms with van der Waals surface area (Å²) < 4.78 is 38.2. The molecule has 0 aliphatic carbocycles. The fraction of sp³-hybridized carbons (Fsp3) is 0.182. The number of aromatic nitrogens is 1. The molecule has 0 aliphatic rings. The van der Waals surface area contributed by atoms with Gasteiger partial charge in [0.15, 0.2) is 0 Å².